The Bertz CT molecular complexity index is 636. The molecular formula is C18H27N3. The van der Waals surface area contributed by atoms with Gasteiger partial charge >= 0.3 is 0 Å². The standard InChI is InChI=1S/C18H27N3/c1-17(2)11-15(12-18(3,4)20-17)19-14-6-7-16-13(10-14)8-9-21(16)5/h6-10,15,19-20H,11-12H2,1-5H3. The average Bonchev–Trinajstić information content (AvgIpc) is 2.66. The van der Waals surface area contributed by atoms with Crippen molar-refractivity contribution in [2.75, 3.05) is 5.32 Å². The summed E-state index contributed by atoms with van der Waals surface area (Å²) in [4.78, 5) is 0. The molecule has 2 N–H and O–H groups in total. The summed E-state index contributed by atoms with van der Waals surface area (Å²) in [5, 5.41) is 8.78. The molecule has 0 radical (unpaired) electrons. The van der Waals surface area contributed by atoms with E-state index in [1.807, 2.05) is 0 Å². The third kappa shape index (κ3) is 3.08. The lowest BCUT2D eigenvalue weighted by Gasteiger charge is -2.47. The first-order valence-corrected chi connectivity index (χ1v) is 7.85. The number of fused-ring (bicyclic) bond motifs is 1. The van der Waals surface area contributed by atoms with Crippen LogP contribution < -0.4 is 10.6 Å². The number of nitrogens with one attached hydrogen (secondary N) is 2. The van der Waals surface area contributed by atoms with E-state index in [0.29, 0.717) is 6.04 Å². The molecule has 1 saturated heterocycles. The molecule has 0 saturated carbocycles. The summed E-state index contributed by atoms with van der Waals surface area (Å²) in [5.74, 6) is 0. The average molecular weight is 285 g/mol. The minimum absolute atomic E-state index is 0.177. The van der Waals surface area contributed by atoms with Gasteiger partial charge in [-0.05, 0) is 64.8 Å². The molecule has 3 nitrogen and oxygen atoms in total. The van der Waals surface area contributed by atoms with Crippen LogP contribution in [-0.2, 0) is 7.05 Å². The minimum Gasteiger partial charge on any atom is -0.382 e. The van der Waals surface area contributed by atoms with Gasteiger partial charge in [0.05, 0.1) is 0 Å². The highest BCUT2D eigenvalue weighted by Crippen LogP contribution is 2.31. The highest BCUT2D eigenvalue weighted by atomic mass is 15.1. The number of hydrogen-bond acceptors (Lipinski definition) is 2. The lowest BCUT2D eigenvalue weighted by molar-refractivity contribution is 0.170. The smallest absolute Gasteiger partial charge is 0.0479 e. The van der Waals surface area contributed by atoms with Crippen molar-refractivity contribution in [1.82, 2.24) is 9.88 Å². The SMILES string of the molecule is Cn1ccc2cc(NC3CC(C)(C)NC(C)(C)C3)ccc21. The number of hydrogen-bond donors (Lipinski definition) is 2. The molecule has 1 aliphatic heterocycles. The molecule has 2 heterocycles. The first kappa shape index (κ1) is 14.5. The second-order valence-corrected chi connectivity index (χ2v) is 7.84. The normalized spacial score (nSPS) is 21.6. The zero-order valence-corrected chi connectivity index (χ0v) is 13.8. The van der Waals surface area contributed by atoms with Crippen LogP contribution in [0.25, 0.3) is 10.9 Å². The van der Waals surface area contributed by atoms with Crippen LogP contribution in [0.4, 0.5) is 5.69 Å². The van der Waals surface area contributed by atoms with Gasteiger partial charge in [0.25, 0.3) is 0 Å². The number of rotatable bonds is 2. The van der Waals surface area contributed by atoms with Crippen molar-refractivity contribution in [3.63, 3.8) is 0 Å². The van der Waals surface area contributed by atoms with E-state index in [9.17, 15) is 0 Å². The van der Waals surface area contributed by atoms with Gasteiger partial charge in [-0.1, -0.05) is 0 Å². The summed E-state index contributed by atoms with van der Waals surface area (Å²) in [5.41, 5.74) is 2.87. The Morgan fingerprint density at radius 2 is 1.76 bits per heavy atom. The molecule has 2 aromatic rings. The molecule has 0 aliphatic carbocycles. The first-order chi connectivity index (χ1) is 9.74. The number of nitrogens with zero attached hydrogens (tertiary/aromatic N) is 1. The molecule has 114 valence electrons. The maximum absolute atomic E-state index is 3.74. The Morgan fingerprint density at radius 1 is 1.10 bits per heavy atom. The third-order valence-corrected chi connectivity index (χ3v) is 4.45. The summed E-state index contributed by atoms with van der Waals surface area (Å²) in [6.07, 6.45) is 4.40. The summed E-state index contributed by atoms with van der Waals surface area (Å²) in [6, 6.07) is 9.35. The molecule has 1 fully saturated rings. The molecule has 0 amide bonds. The van der Waals surface area contributed by atoms with E-state index >= 15 is 0 Å². The van der Waals surface area contributed by atoms with Crippen molar-refractivity contribution < 1.29 is 0 Å². The highest BCUT2D eigenvalue weighted by molar-refractivity contribution is 5.83. The van der Waals surface area contributed by atoms with E-state index in [4.69, 9.17) is 0 Å². The zero-order valence-electron chi connectivity index (χ0n) is 13.8. The van der Waals surface area contributed by atoms with Gasteiger partial charge in [-0.2, -0.15) is 0 Å². The fourth-order valence-electron chi connectivity index (χ4n) is 4.03. The number of benzene rings is 1. The van der Waals surface area contributed by atoms with Gasteiger partial charge in [0.1, 0.15) is 0 Å². The molecule has 21 heavy (non-hydrogen) atoms. The van der Waals surface area contributed by atoms with Crippen molar-refractivity contribution in [1.29, 1.82) is 0 Å². The van der Waals surface area contributed by atoms with Crippen LogP contribution in [-0.4, -0.2) is 21.7 Å². The number of aryl methyl sites for hydroxylation is 1. The molecule has 1 aromatic heterocycles. The molecule has 3 rings (SSSR count). The van der Waals surface area contributed by atoms with Crippen molar-refractivity contribution in [2.24, 2.45) is 7.05 Å². The highest BCUT2D eigenvalue weighted by Gasteiger charge is 2.37. The second-order valence-electron chi connectivity index (χ2n) is 7.84. The van der Waals surface area contributed by atoms with Crippen LogP contribution in [0.3, 0.4) is 0 Å². The molecule has 0 spiro atoms. The number of aromatic nitrogens is 1. The van der Waals surface area contributed by atoms with Crippen LogP contribution in [0, 0.1) is 0 Å². The Hall–Kier alpha value is -1.48. The maximum atomic E-state index is 3.74. The molecule has 0 bridgehead atoms. The predicted octanol–water partition coefficient (Wildman–Crippen LogP) is 3.90. The van der Waals surface area contributed by atoms with E-state index in [-0.39, 0.29) is 11.1 Å². The van der Waals surface area contributed by atoms with Gasteiger partial charge in [-0.25, -0.2) is 0 Å². The summed E-state index contributed by atoms with van der Waals surface area (Å²) < 4.78 is 2.16. The number of piperidine rings is 1. The lowest BCUT2D eigenvalue weighted by Crippen LogP contribution is -2.60. The fourth-order valence-corrected chi connectivity index (χ4v) is 4.03. The molecule has 0 unspecified atom stereocenters. The first-order valence-electron chi connectivity index (χ1n) is 7.85. The van der Waals surface area contributed by atoms with E-state index < -0.39 is 0 Å². The Balaban J connectivity index is 1.81. The molecule has 1 aliphatic rings. The van der Waals surface area contributed by atoms with Gasteiger partial charge in [0.2, 0.25) is 0 Å². The van der Waals surface area contributed by atoms with Gasteiger partial charge in [0.15, 0.2) is 0 Å². The topological polar surface area (TPSA) is 29.0 Å². The summed E-state index contributed by atoms with van der Waals surface area (Å²) >= 11 is 0. The minimum atomic E-state index is 0.177. The fraction of sp³-hybridized carbons (Fsp3) is 0.556. The predicted molar refractivity (Wildman–Crippen MR) is 90.9 cm³/mol. The van der Waals surface area contributed by atoms with E-state index in [2.05, 4.69) is 80.4 Å². The monoisotopic (exact) mass is 285 g/mol. The zero-order chi connectivity index (χ0) is 15.3. The Morgan fingerprint density at radius 3 is 2.43 bits per heavy atom. The second kappa shape index (κ2) is 4.77. The van der Waals surface area contributed by atoms with Crippen LogP contribution in [0.2, 0.25) is 0 Å². The van der Waals surface area contributed by atoms with Gasteiger partial charge in [-0.3, -0.25) is 0 Å². The number of anilines is 1. The quantitative estimate of drug-likeness (QED) is 0.876. The van der Waals surface area contributed by atoms with Crippen molar-refractivity contribution >= 4 is 16.6 Å². The van der Waals surface area contributed by atoms with Crippen molar-refractivity contribution in [2.45, 2.75) is 57.7 Å². The van der Waals surface area contributed by atoms with E-state index in [0.717, 1.165) is 12.8 Å². The van der Waals surface area contributed by atoms with E-state index in [1.54, 1.807) is 0 Å². The van der Waals surface area contributed by atoms with Crippen molar-refractivity contribution in [3.8, 4) is 0 Å². The Labute approximate surface area is 127 Å². The lowest BCUT2D eigenvalue weighted by atomic mass is 9.79. The van der Waals surface area contributed by atoms with Gasteiger partial charge < -0.3 is 15.2 Å². The maximum Gasteiger partial charge on any atom is 0.0479 e. The largest absolute Gasteiger partial charge is 0.382 e. The van der Waals surface area contributed by atoms with Crippen molar-refractivity contribution in [3.05, 3.63) is 30.5 Å². The van der Waals surface area contributed by atoms with Gasteiger partial charge in [-0.15, -0.1) is 0 Å². The van der Waals surface area contributed by atoms with Crippen LogP contribution in [0.5, 0.6) is 0 Å². The van der Waals surface area contributed by atoms with Crippen LogP contribution in [0.1, 0.15) is 40.5 Å². The van der Waals surface area contributed by atoms with Gasteiger partial charge in [0, 0.05) is 47.0 Å². The molecule has 3 heteroatoms. The van der Waals surface area contributed by atoms with E-state index in [1.165, 1.54) is 16.6 Å². The van der Waals surface area contributed by atoms with Crippen LogP contribution in [0.15, 0.2) is 30.5 Å². The Kier molecular flexibility index (Phi) is 3.28. The van der Waals surface area contributed by atoms with Crippen LogP contribution >= 0.6 is 0 Å². The summed E-state index contributed by atoms with van der Waals surface area (Å²) in [7, 11) is 2.09. The molecule has 1 aromatic carbocycles. The third-order valence-electron chi connectivity index (χ3n) is 4.45. The molecule has 0 atom stereocenters. The summed E-state index contributed by atoms with van der Waals surface area (Å²) in [6.45, 7) is 9.18. The molecular weight excluding hydrogens is 258 g/mol.